The van der Waals surface area contributed by atoms with E-state index in [-0.39, 0.29) is 11.7 Å². The molecule has 6 atom stereocenters. The number of ether oxygens (including phenoxy) is 2. The minimum atomic E-state index is -1.51. The first kappa shape index (κ1) is 24.7. The zero-order chi connectivity index (χ0) is 25.4. The van der Waals surface area contributed by atoms with Crippen LogP contribution in [-0.4, -0.2) is 63.5 Å². The first-order valence-corrected chi connectivity index (χ1v) is 12.2. The van der Waals surface area contributed by atoms with Crippen molar-refractivity contribution >= 4 is 11.5 Å². The number of rotatable bonds is 5. The highest BCUT2D eigenvalue weighted by Crippen LogP contribution is 2.40. The molecule has 2 aromatic rings. The molecule has 2 heterocycles. The molecule has 1 aliphatic carbocycles. The third kappa shape index (κ3) is 4.70. The highest BCUT2D eigenvalue weighted by atomic mass is 16.7. The van der Waals surface area contributed by atoms with Crippen LogP contribution in [-0.2, 0) is 9.53 Å². The second-order valence-electron chi connectivity index (χ2n) is 9.60. The molecular weight excluding hydrogens is 462 g/mol. The lowest BCUT2D eigenvalue weighted by Gasteiger charge is -2.39. The number of aryl methyl sites for hydroxylation is 1. The van der Waals surface area contributed by atoms with E-state index in [1.54, 1.807) is 12.1 Å². The maximum absolute atomic E-state index is 12.9. The summed E-state index contributed by atoms with van der Waals surface area (Å²) < 4.78 is 11.2. The standard InChI is InChI=1S/C28H31NO7/c1-15-5-7-17(8-6-15)21-13-19(24-20(29-21)3-2-4-22(24)31)16-9-11-18(12-10-16)35-28-27(34)26(33)25(32)23(14-30)36-28/h5-13,19,23,25-30,32-34H,2-4,14H2,1H3/t19?,23-,25-,26-,27-,28-/m0/s1. The summed E-state index contributed by atoms with van der Waals surface area (Å²) in [6.07, 6.45) is -2.49. The molecule has 190 valence electrons. The van der Waals surface area contributed by atoms with Gasteiger partial charge in [0, 0.05) is 29.3 Å². The van der Waals surface area contributed by atoms with Gasteiger partial charge in [-0.05, 0) is 49.1 Å². The number of benzene rings is 2. The minimum Gasteiger partial charge on any atom is -0.462 e. The number of aliphatic hydroxyl groups excluding tert-OH is 4. The number of allylic oxidation sites excluding steroid dienone is 3. The summed E-state index contributed by atoms with van der Waals surface area (Å²) >= 11 is 0. The molecule has 0 amide bonds. The normalized spacial score (nSPS) is 30.4. The van der Waals surface area contributed by atoms with Gasteiger partial charge in [0.05, 0.1) is 6.61 Å². The van der Waals surface area contributed by atoms with Gasteiger partial charge in [0.15, 0.2) is 5.78 Å². The Balaban J connectivity index is 1.41. The van der Waals surface area contributed by atoms with Crippen LogP contribution in [0.15, 0.2) is 65.9 Å². The molecule has 8 nitrogen and oxygen atoms in total. The maximum atomic E-state index is 12.9. The minimum absolute atomic E-state index is 0.148. The Bertz CT molecular complexity index is 1170. The second kappa shape index (κ2) is 10.2. The highest BCUT2D eigenvalue weighted by molar-refractivity contribution is 6.00. The summed E-state index contributed by atoms with van der Waals surface area (Å²) in [4.78, 5) is 12.9. The molecule has 0 aromatic heterocycles. The van der Waals surface area contributed by atoms with E-state index in [1.807, 2.05) is 19.1 Å². The van der Waals surface area contributed by atoms with E-state index in [1.165, 1.54) is 5.56 Å². The Morgan fingerprint density at radius 1 is 0.972 bits per heavy atom. The van der Waals surface area contributed by atoms with Crippen molar-refractivity contribution in [1.29, 1.82) is 0 Å². The lowest BCUT2D eigenvalue weighted by Crippen LogP contribution is -2.60. The van der Waals surface area contributed by atoms with Crippen LogP contribution in [0.3, 0.4) is 0 Å². The predicted octanol–water partition coefficient (Wildman–Crippen LogP) is 1.91. The predicted molar refractivity (Wildman–Crippen MR) is 132 cm³/mol. The van der Waals surface area contributed by atoms with Gasteiger partial charge in [0.2, 0.25) is 6.29 Å². The Morgan fingerprint density at radius 3 is 2.39 bits per heavy atom. The molecule has 5 rings (SSSR count). The lowest BCUT2D eigenvalue weighted by atomic mass is 9.79. The molecular formula is C28H31NO7. The van der Waals surface area contributed by atoms with Crippen LogP contribution in [0, 0.1) is 6.92 Å². The molecule has 1 saturated heterocycles. The van der Waals surface area contributed by atoms with Crippen LogP contribution in [0.25, 0.3) is 5.70 Å². The monoisotopic (exact) mass is 493 g/mol. The Labute approximate surface area is 209 Å². The van der Waals surface area contributed by atoms with Crippen LogP contribution in [0.2, 0.25) is 0 Å². The van der Waals surface area contributed by atoms with Gasteiger partial charge in [0.25, 0.3) is 0 Å². The molecule has 36 heavy (non-hydrogen) atoms. The van der Waals surface area contributed by atoms with Gasteiger partial charge >= 0.3 is 0 Å². The van der Waals surface area contributed by atoms with Gasteiger partial charge in [-0.15, -0.1) is 0 Å². The highest BCUT2D eigenvalue weighted by Gasteiger charge is 2.44. The van der Waals surface area contributed by atoms with Crippen molar-refractivity contribution in [3.63, 3.8) is 0 Å². The van der Waals surface area contributed by atoms with E-state index in [0.717, 1.165) is 40.9 Å². The lowest BCUT2D eigenvalue weighted by molar-refractivity contribution is -0.277. The van der Waals surface area contributed by atoms with Gasteiger partial charge in [-0.1, -0.05) is 42.0 Å². The van der Waals surface area contributed by atoms with E-state index in [4.69, 9.17) is 9.47 Å². The van der Waals surface area contributed by atoms with E-state index in [2.05, 4.69) is 35.7 Å². The molecule has 0 bridgehead atoms. The number of carbonyl (C=O) groups is 1. The van der Waals surface area contributed by atoms with Crippen molar-refractivity contribution in [3.8, 4) is 5.75 Å². The van der Waals surface area contributed by atoms with Gasteiger partial charge < -0.3 is 35.2 Å². The molecule has 1 fully saturated rings. The maximum Gasteiger partial charge on any atom is 0.229 e. The fraction of sp³-hybridized carbons (Fsp3) is 0.393. The number of nitrogens with one attached hydrogen (secondary N) is 1. The molecule has 0 radical (unpaired) electrons. The van der Waals surface area contributed by atoms with Crippen molar-refractivity contribution in [3.05, 3.63) is 82.6 Å². The average Bonchev–Trinajstić information content (AvgIpc) is 2.89. The van der Waals surface area contributed by atoms with Gasteiger partial charge in [-0.25, -0.2) is 0 Å². The van der Waals surface area contributed by atoms with Crippen LogP contribution in [0.1, 0.15) is 41.9 Å². The molecule has 2 aromatic carbocycles. The molecule has 0 saturated carbocycles. The van der Waals surface area contributed by atoms with Crippen LogP contribution < -0.4 is 10.1 Å². The number of aliphatic hydroxyl groups is 4. The van der Waals surface area contributed by atoms with E-state index >= 15 is 0 Å². The zero-order valence-corrected chi connectivity index (χ0v) is 20.0. The molecule has 8 heteroatoms. The smallest absolute Gasteiger partial charge is 0.229 e. The van der Waals surface area contributed by atoms with E-state index in [9.17, 15) is 25.2 Å². The number of carbonyl (C=O) groups excluding carboxylic acids is 1. The first-order chi connectivity index (χ1) is 17.4. The SMILES string of the molecule is Cc1ccc(C2=CC(c3ccc(O[C@H]4O[C@@H](CO)[C@H](O)[C@H](O)[C@@H]4O)cc3)C3=C(CCCC3=O)N2)cc1. The quantitative estimate of drug-likeness (QED) is 0.427. The largest absolute Gasteiger partial charge is 0.462 e. The summed E-state index contributed by atoms with van der Waals surface area (Å²) in [5, 5.41) is 43.1. The summed E-state index contributed by atoms with van der Waals surface area (Å²) in [5.74, 6) is 0.310. The van der Waals surface area contributed by atoms with Crippen LogP contribution in [0.5, 0.6) is 5.75 Å². The van der Waals surface area contributed by atoms with Crippen molar-refractivity contribution in [2.45, 2.75) is 62.8 Å². The molecule has 2 aliphatic heterocycles. The summed E-state index contributed by atoms with van der Waals surface area (Å²) in [6, 6.07) is 15.4. The number of Topliss-reactive ketones (excluding diaryl/α,β-unsaturated/α-hetero) is 1. The number of dihydropyridines is 1. The summed E-state index contributed by atoms with van der Waals surface area (Å²) in [6.45, 7) is 1.52. The van der Waals surface area contributed by atoms with Crippen molar-refractivity contribution in [1.82, 2.24) is 5.32 Å². The van der Waals surface area contributed by atoms with Gasteiger partial charge in [-0.2, -0.15) is 0 Å². The second-order valence-corrected chi connectivity index (χ2v) is 9.60. The topological polar surface area (TPSA) is 128 Å². The van der Waals surface area contributed by atoms with Crippen LogP contribution in [0.4, 0.5) is 0 Å². The molecule has 3 aliphatic rings. The number of ketones is 1. The fourth-order valence-corrected chi connectivity index (χ4v) is 5.03. The van der Waals surface area contributed by atoms with Crippen molar-refractivity contribution in [2.75, 3.05) is 6.61 Å². The molecule has 1 unspecified atom stereocenters. The molecule has 5 N–H and O–H groups in total. The summed E-state index contributed by atoms with van der Waals surface area (Å²) in [7, 11) is 0. The Kier molecular flexibility index (Phi) is 6.96. The van der Waals surface area contributed by atoms with Gasteiger partial charge in [-0.3, -0.25) is 4.79 Å². The Morgan fingerprint density at radius 2 is 1.69 bits per heavy atom. The third-order valence-corrected chi connectivity index (χ3v) is 7.09. The number of hydrogen-bond donors (Lipinski definition) is 5. The first-order valence-electron chi connectivity index (χ1n) is 12.2. The number of hydrogen-bond acceptors (Lipinski definition) is 8. The van der Waals surface area contributed by atoms with Gasteiger partial charge in [0.1, 0.15) is 30.2 Å². The van der Waals surface area contributed by atoms with Crippen LogP contribution >= 0.6 is 0 Å². The fourth-order valence-electron chi connectivity index (χ4n) is 5.03. The van der Waals surface area contributed by atoms with Crippen molar-refractivity contribution < 1.29 is 34.7 Å². The van der Waals surface area contributed by atoms with Crippen molar-refractivity contribution in [2.24, 2.45) is 0 Å². The Hall–Kier alpha value is -3.01. The third-order valence-electron chi connectivity index (χ3n) is 7.09. The summed E-state index contributed by atoms with van der Waals surface area (Å²) in [5.41, 5.74) is 5.88. The van der Waals surface area contributed by atoms with E-state index in [0.29, 0.717) is 12.2 Å². The zero-order valence-electron chi connectivity index (χ0n) is 20.0. The van der Waals surface area contributed by atoms with E-state index < -0.39 is 37.3 Å². The molecule has 0 spiro atoms. The average molecular weight is 494 g/mol.